The molecule has 2 aromatic heterocycles. The number of nitrogens with zero attached hydrogens (tertiary/aromatic N) is 3. The fourth-order valence-electron chi connectivity index (χ4n) is 1.97. The highest BCUT2D eigenvalue weighted by Gasteiger charge is 2.13. The number of aromatic nitrogens is 2. The van der Waals surface area contributed by atoms with Crippen molar-refractivity contribution in [2.24, 2.45) is 0 Å². The van der Waals surface area contributed by atoms with Crippen molar-refractivity contribution in [2.45, 2.75) is 10.9 Å². The molecule has 130 valence electrons. The third kappa shape index (κ3) is 5.53. The molecule has 0 aliphatic rings. The molecule has 1 amide bonds. The van der Waals surface area contributed by atoms with E-state index >= 15 is 0 Å². The van der Waals surface area contributed by atoms with Crippen LogP contribution in [0.25, 0.3) is 0 Å². The van der Waals surface area contributed by atoms with E-state index in [-0.39, 0.29) is 5.91 Å². The Balaban J connectivity index is 1.50. The van der Waals surface area contributed by atoms with Gasteiger partial charge in [0, 0.05) is 22.1 Å². The zero-order valence-electron chi connectivity index (χ0n) is 13.3. The number of thioether (sulfide) groups is 1. The molecular weight excluding hydrogens is 440 g/mol. The third-order valence-electron chi connectivity index (χ3n) is 3.20. The maximum Gasteiger partial charge on any atom is 0.233 e. The van der Waals surface area contributed by atoms with Crippen LogP contribution in [0, 0.1) is 0 Å². The average molecular weight is 455 g/mol. The number of benzene rings is 1. The molecule has 9 heteroatoms. The van der Waals surface area contributed by atoms with Crippen molar-refractivity contribution >= 4 is 67.1 Å². The number of rotatable bonds is 7. The second kappa shape index (κ2) is 8.79. The molecule has 0 saturated carbocycles. The Morgan fingerprint density at radius 1 is 1.32 bits per heavy atom. The van der Waals surface area contributed by atoms with Crippen LogP contribution in [0.15, 0.2) is 50.6 Å². The molecule has 25 heavy (non-hydrogen) atoms. The molecule has 0 aliphatic heterocycles. The first kappa shape index (κ1) is 18.4. The number of hydrogen-bond donors (Lipinski definition) is 1. The zero-order valence-corrected chi connectivity index (χ0v) is 17.3. The lowest BCUT2D eigenvalue weighted by molar-refractivity contribution is -0.127. The molecule has 0 saturated heterocycles. The van der Waals surface area contributed by atoms with Gasteiger partial charge in [0.25, 0.3) is 0 Å². The van der Waals surface area contributed by atoms with Gasteiger partial charge in [-0.1, -0.05) is 51.2 Å². The summed E-state index contributed by atoms with van der Waals surface area (Å²) >= 11 is 7.94. The van der Waals surface area contributed by atoms with Crippen LogP contribution in [0.3, 0.4) is 0 Å². The Kier molecular flexibility index (Phi) is 6.46. The van der Waals surface area contributed by atoms with Gasteiger partial charge in [-0.15, -0.1) is 21.5 Å². The molecule has 0 bridgehead atoms. The molecule has 3 aromatic rings. The summed E-state index contributed by atoms with van der Waals surface area (Å²) in [5, 5.41) is 14.2. The topological polar surface area (TPSA) is 58.1 Å². The lowest BCUT2D eigenvalue weighted by atomic mass is 10.3. The average Bonchev–Trinajstić information content (AvgIpc) is 3.24. The molecule has 0 atom stereocenters. The minimum absolute atomic E-state index is 0.0788. The summed E-state index contributed by atoms with van der Waals surface area (Å²) in [7, 11) is 1.82. The van der Waals surface area contributed by atoms with Crippen molar-refractivity contribution < 1.29 is 4.79 Å². The van der Waals surface area contributed by atoms with Gasteiger partial charge in [0.2, 0.25) is 11.0 Å². The molecule has 1 N–H and O–H groups in total. The van der Waals surface area contributed by atoms with E-state index in [1.807, 2.05) is 48.8 Å². The van der Waals surface area contributed by atoms with Crippen LogP contribution in [-0.4, -0.2) is 33.8 Å². The molecule has 3 rings (SSSR count). The fraction of sp³-hybridized carbons (Fsp3) is 0.188. The van der Waals surface area contributed by atoms with Crippen LogP contribution in [0.1, 0.15) is 4.88 Å². The quantitative estimate of drug-likeness (QED) is 0.516. The summed E-state index contributed by atoms with van der Waals surface area (Å²) in [6.45, 7) is 0.642. The van der Waals surface area contributed by atoms with E-state index in [1.165, 1.54) is 28.0 Å². The van der Waals surface area contributed by atoms with E-state index in [4.69, 9.17) is 0 Å². The molecule has 0 radical (unpaired) electrons. The number of carbonyl (C=O) groups is 1. The highest BCUT2D eigenvalue weighted by molar-refractivity contribution is 9.10. The Bertz CT molecular complexity index is 838. The van der Waals surface area contributed by atoms with Crippen molar-refractivity contribution in [1.82, 2.24) is 15.1 Å². The molecule has 5 nitrogen and oxygen atoms in total. The van der Waals surface area contributed by atoms with Crippen LogP contribution in [-0.2, 0) is 11.3 Å². The summed E-state index contributed by atoms with van der Waals surface area (Å²) in [5.41, 5.74) is 0.939. The van der Waals surface area contributed by atoms with Gasteiger partial charge in [-0.3, -0.25) is 4.79 Å². The molecule has 0 unspecified atom stereocenters. The lowest BCUT2D eigenvalue weighted by Gasteiger charge is -2.15. The van der Waals surface area contributed by atoms with Gasteiger partial charge >= 0.3 is 0 Å². The maximum atomic E-state index is 12.2. The standard InChI is InChI=1S/C16H15BrN4OS3/c1-21(9-13-6-3-7-23-13)14(22)10-24-16-20-19-15(25-16)18-12-5-2-4-11(17)8-12/h2-8H,9-10H2,1H3,(H,18,19). The predicted molar refractivity (Wildman–Crippen MR) is 109 cm³/mol. The number of thiophene rings is 1. The number of hydrogen-bond acceptors (Lipinski definition) is 7. The fourth-order valence-corrected chi connectivity index (χ4v) is 4.84. The van der Waals surface area contributed by atoms with Gasteiger partial charge in [0.1, 0.15) is 0 Å². The van der Waals surface area contributed by atoms with Gasteiger partial charge in [-0.25, -0.2) is 0 Å². The SMILES string of the molecule is CN(Cc1cccs1)C(=O)CSc1nnc(Nc2cccc(Br)c2)s1. The molecule has 0 fully saturated rings. The largest absolute Gasteiger partial charge is 0.340 e. The second-order valence-corrected chi connectivity index (χ2v) is 9.27. The first-order valence-electron chi connectivity index (χ1n) is 7.35. The lowest BCUT2D eigenvalue weighted by Crippen LogP contribution is -2.27. The van der Waals surface area contributed by atoms with Crippen LogP contribution >= 0.6 is 50.4 Å². The molecule has 2 heterocycles. The van der Waals surface area contributed by atoms with Crippen molar-refractivity contribution in [3.05, 3.63) is 51.1 Å². The summed E-state index contributed by atoms with van der Waals surface area (Å²) in [6.07, 6.45) is 0. The van der Waals surface area contributed by atoms with E-state index < -0.39 is 0 Å². The number of halogens is 1. The van der Waals surface area contributed by atoms with Crippen molar-refractivity contribution in [2.75, 3.05) is 18.1 Å². The predicted octanol–water partition coefficient (Wildman–Crippen LogP) is 4.86. The minimum Gasteiger partial charge on any atom is -0.340 e. The van der Waals surface area contributed by atoms with E-state index in [0.717, 1.165) is 14.5 Å². The number of amides is 1. The summed E-state index contributed by atoms with van der Waals surface area (Å²) < 4.78 is 1.77. The Hall–Kier alpha value is -1.42. The number of nitrogens with one attached hydrogen (secondary N) is 1. The van der Waals surface area contributed by atoms with Crippen molar-refractivity contribution in [1.29, 1.82) is 0 Å². The third-order valence-corrected chi connectivity index (χ3v) is 6.51. The van der Waals surface area contributed by atoms with E-state index in [0.29, 0.717) is 17.4 Å². The van der Waals surface area contributed by atoms with Crippen molar-refractivity contribution in [3.63, 3.8) is 0 Å². The van der Waals surface area contributed by atoms with E-state index in [9.17, 15) is 4.79 Å². The van der Waals surface area contributed by atoms with Crippen LogP contribution in [0.2, 0.25) is 0 Å². The monoisotopic (exact) mass is 454 g/mol. The summed E-state index contributed by atoms with van der Waals surface area (Å²) in [6, 6.07) is 11.9. The highest BCUT2D eigenvalue weighted by atomic mass is 79.9. The maximum absolute atomic E-state index is 12.2. The molecule has 1 aromatic carbocycles. The van der Waals surface area contributed by atoms with E-state index in [2.05, 4.69) is 31.4 Å². The summed E-state index contributed by atoms with van der Waals surface area (Å²) in [4.78, 5) is 15.1. The first-order chi connectivity index (χ1) is 12.1. The molecular formula is C16H15BrN4OS3. The minimum atomic E-state index is 0.0788. The molecule has 0 aliphatic carbocycles. The van der Waals surface area contributed by atoms with Crippen molar-refractivity contribution in [3.8, 4) is 0 Å². The van der Waals surface area contributed by atoms with Gasteiger partial charge < -0.3 is 10.2 Å². The van der Waals surface area contributed by atoms with Crippen LogP contribution < -0.4 is 5.32 Å². The smallest absolute Gasteiger partial charge is 0.233 e. The second-order valence-electron chi connectivity index (χ2n) is 5.13. The van der Waals surface area contributed by atoms with Crippen LogP contribution in [0.4, 0.5) is 10.8 Å². The first-order valence-corrected chi connectivity index (χ1v) is 10.8. The summed E-state index contributed by atoms with van der Waals surface area (Å²) in [5.74, 6) is 0.433. The van der Waals surface area contributed by atoms with Crippen LogP contribution in [0.5, 0.6) is 0 Å². The Morgan fingerprint density at radius 2 is 2.20 bits per heavy atom. The van der Waals surface area contributed by atoms with Gasteiger partial charge in [-0.2, -0.15) is 0 Å². The normalized spacial score (nSPS) is 10.6. The number of anilines is 2. The number of carbonyl (C=O) groups excluding carboxylic acids is 1. The van der Waals surface area contributed by atoms with Gasteiger partial charge in [0.05, 0.1) is 12.3 Å². The molecule has 0 spiro atoms. The van der Waals surface area contributed by atoms with Gasteiger partial charge in [0.15, 0.2) is 4.34 Å². The zero-order chi connectivity index (χ0) is 17.6. The van der Waals surface area contributed by atoms with Gasteiger partial charge in [-0.05, 0) is 29.6 Å². The Labute approximate surface area is 166 Å². The Morgan fingerprint density at radius 3 is 2.96 bits per heavy atom. The van der Waals surface area contributed by atoms with E-state index in [1.54, 1.807) is 16.2 Å². The highest BCUT2D eigenvalue weighted by Crippen LogP contribution is 2.28.